The Hall–Kier alpha value is -1.92. The van der Waals surface area contributed by atoms with Crippen LogP contribution in [0.4, 0.5) is 4.39 Å². The Morgan fingerprint density at radius 2 is 1.88 bits per heavy atom. The lowest BCUT2D eigenvalue weighted by atomic mass is 9.82. The van der Waals surface area contributed by atoms with E-state index in [2.05, 4.69) is 29.9 Å². The highest BCUT2D eigenvalue weighted by Gasteiger charge is 2.42. The molecule has 0 aliphatic carbocycles. The number of carbonyl (C=O) groups excluding carboxylic acids is 1. The minimum absolute atomic E-state index is 0.0347. The molecule has 1 heterocycles. The first-order valence-corrected chi connectivity index (χ1v) is 8.70. The van der Waals surface area contributed by atoms with Crippen molar-refractivity contribution in [3.8, 4) is 0 Å². The average Bonchev–Trinajstić information content (AvgIpc) is 2.54. The van der Waals surface area contributed by atoms with Gasteiger partial charge in [-0.2, -0.15) is 0 Å². The highest BCUT2D eigenvalue weighted by molar-refractivity contribution is 5.90. The van der Waals surface area contributed by atoms with E-state index >= 15 is 0 Å². The average molecular weight is 348 g/mol. The monoisotopic (exact) mass is 348 g/mol. The smallest absolute Gasteiger partial charge is 0.253 e. The molecule has 6 heteroatoms. The van der Waals surface area contributed by atoms with E-state index < -0.39 is 5.41 Å². The molecule has 0 saturated heterocycles. The predicted molar refractivity (Wildman–Crippen MR) is 99.1 cm³/mol. The van der Waals surface area contributed by atoms with Gasteiger partial charge in [0.15, 0.2) is 0 Å². The summed E-state index contributed by atoms with van der Waals surface area (Å²) in [6.45, 7) is 7.54. The molecule has 0 aromatic heterocycles. The highest BCUT2D eigenvalue weighted by atomic mass is 19.1. The van der Waals surface area contributed by atoms with Crippen molar-refractivity contribution in [3.63, 3.8) is 0 Å². The maximum absolute atomic E-state index is 13.6. The van der Waals surface area contributed by atoms with E-state index in [-0.39, 0.29) is 11.7 Å². The zero-order valence-electron chi connectivity index (χ0n) is 15.7. The van der Waals surface area contributed by atoms with Gasteiger partial charge in [-0.15, -0.1) is 0 Å². The second kappa shape index (κ2) is 7.97. The normalized spacial score (nSPS) is 16.8. The van der Waals surface area contributed by atoms with Crippen LogP contribution in [0.2, 0.25) is 0 Å². The molecule has 25 heavy (non-hydrogen) atoms. The number of hydrogen-bond donors (Lipinski definition) is 3. The molecule has 2 rings (SSSR count). The number of carbonyl (C=O) groups is 1. The summed E-state index contributed by atoms with van der Waals surface area (Å²) < 4.78 is 13.6. The van der Waals surface area contributed by atoms with Gasteiger partial charge in [-0.05, 0) is 62.3 Å². The molecule has 0 bridgehead atoms. The first kappa shape index (κ1) is 19.4. The molecule has 3 N–H and O–H groups in total. The van der Waals surface area contributed by atoms with Crippen LogP contribution in [0, 0.1) is 24.1 Å². The third-order valence-electron chi connectivity index (χ3n) is 4.35. The molecular formula is C19H29FN4O. The van der Waals surface area contributed by atoms with Crippen LogP contribution in [0.25, 0.3) is 5.70 Å². The van der Waals surface area contributed by atoms with Crippen LogP contribution in [-0.2, 0) is 4.79 Å². The Labute approximate surface area is 149 Å². The number of hydrogen-bond acceptors (Lipinski definition) is 4. The van der Waals surface area contributed by atoms with Crippen molar-refractivity contribution >= 4 is 11.6 Å². The van der Waals surface area contributed by atoms with Gasteiger partial charge in [0, 0.05) is 19.6 Å². The molecule has 1 aromatic rings. The largest absolute Gasteiger partial charge is 0.318 e. The molecule has 0 saturated carbocycles. The number of amides is 1. The number of benzene rings is 1. The van der Waals surface area contributed by atoms with Gasteiger partial charge in [-0.1, -0.05) is 13.8 Å². The van der Waals surface area contributed by atoms with Crippen LogP contribution in [-0.4, -0.2) is 44.6 Å². The molecule has 0 atom stereocenters. The van der Waals surface area contributed by atoms with Crippen LogP contribution in [0.15, 0.2) is 24.3 Å². The van der Waals surface area contributed by atoms with Crippen molar-refractivity contribution in [3.05, 3.63) is 41.2 Å². The molecule has 1 aliphatic rings. The Morgan fingerprint density at radius 1 is 1.24 bits per heavy atom. The fourth-order valence-electron chi connectivity index (χ4n) is 3.24. The van der Waals surface area contributed by atoms with Crippen LogP contribution in [0.3, 0.4) is 0 Å². The van der Waals surface area contributed by atoms with Crippen molar-refractivity contribution in [2.24, 2.45) is 11.3 Å². The summed E-state index contributed by atoms with van der Waals surface area (Å²) in [7, 11) is 3.68. The molecule has 1 aromatic carbocycles. The lowest BCUT2D eigenvalue weighted by Crippen LogP contribution is -2.59. The van der Waals surface area contributed by atoms with Gasteiger partial charge < -0.3 is 10.6 Å². The van der Waals surface area contributed by atoms with E-state index in [4.69, 9.17) is 0 Å². The maximum Gasteiger partial charge on any atom is 0.253 e. The predicted octanol–water partition coefficient (Wildman–Crippen LogP) is 1.90. The van der Waals surface area contributed by atoms with Gasteiger partial charge in [-0.25, -0.2) is 4.39 Å². The van der Waals surface area contributed by atoms with Crippen LogP contribution in [0.1, 0.15) is 25.0 Å². The third-order valence-corrected chi connectivity index (χ3v) is 4.35. The van der Waals surface area contributed by atoms with E-state index in [0.29, 0.717) is 31.1 Å². The van der Waals surface area contributed by atoms with Crippen molar-refractivity contribution in [2.75, 3.05) is 33.7 Å². The Morgan fingerprint density at radius 3 is 2.40 bits per heavy atom. The second-order valence-electron chi connectivity index (χ2n) is 7.16. The third kappa shape index (κ3) is 4.19. The van der Waals surface area contributed by atoms with Crippen molar-refractivity contribution in [1.29, 1.82) is 0 Å². The van der Waals surface area contributed by atoms with E-state index in [9.17, 15) is 9.18 Å². The van der Waals surface area contributed by atoms with E-state index in [1.165, 1.54) is 6.07 Å². The molecule has 5 nitrogen and oxygen atoms in total. The van der Waals surface area contributed by atoms with Gasteiger partial charge >= 0.3 is 0 Å². The molecular weight excluding hydrogens is 319 g/mol. The number of rotatable bonds is 7. The molecule has 0 unspecified atom stereocenters. The summed E-state index contributed by atoms with van der Waals surface area (Å²) in [5.41, 5.74) is 4.83. The van der Waals surface area contributed by atoms with E-state index in [1.54, 1.807) is 24.1 Å². The van der Waals surface area contributed by atoms with E-state index in [1.807, 2.05) is 20.2 Å². The summed E-state index contributed by atoms with van der Waals surface area (Å²) in [5, 5.41) is 7.97. The summed E-state index contributed by atoms with van der Waals surface area (Å²) in [5.74, 6) is 0.132. The first-order valence-electron chi connectivity index (χ1n) is 8.70. The SMILES string of the molecule is CNCC1(CNC)C=C(c2ccc(F)c(C)c2)NN(CC(C)C)C1=O. The molecule has 0 radical (unpaired) electrons. The fourth-order valence-corrected chi connectivity index (χ4v) is 3.24. The molecule has 138 valence electrons. The van der Waals surface area contributed by atoms with Gasteiger partial charge in [0.1, 0.15) is 5.82 Å². The number of nitrogens with zero attached hydrogens (tertiary/aromatic N) is 1. The summed E-state index contributed by atoms with van der Waals surface area (Å²) >= 11 is 0. The molecule has 1 amide bonds. The topological polar surface area (TPSA) is 56.4 Å². The van der Waals surface area contributed by atoms with Gasteiger partial charge in [-0.3, -0.25) is 15.2 Å². The zero-order chi connectivity index (χ0) is 18.6. The number of nitrogens with one attached hydrogen (secondary N) is 3. The van der Waals surface area contributed by atoms with Crippen LogP contribution in [0.5, 0.6) is 0 Å². The lowest BCUT2D eigenvalue weighted by Gasteiger charge is -2.41. The Bertz CT molecular complexity index is 651. The van der Waals surface area contributed by atoms with Crippen molar-refractivity contribution in [1.82, 2.24) is 21.1 Å². The minimum atomic E-state index is -0.693. The van der Waals surface area contributed by atoms with Crippen LogP contribution < -0.4 is 16.1 Å². The molecule has 0 fully saturated rings. The second-order valence-corrected chi connectivity index (χ2v) is 7.16. The zero-order valence-corrected chi connectivity index (χ0v) is 15.7. The minimum Gasteiger partial charge on any atom is -0.318 e. The number of halogens is 1. The first-order chi connectivity index (χ1) is 11.8. The fraction of sp³-hybridized carbons (Fsp3) is 0.526. The maximum atomic E-state index is 13.6. The highest BCUT2D eigenvalue weighted by Crippen LogP contribution is 2.31. The molecule has 0 spiro atoms. The van der Waals surface area contributed by atoms with Gasteiger partial charge in [0.25, 0.3) is 5.91 Å². The van der Waals surface area contributed by atoms with E-state index in [0.717, 1.165) is 11.3 Å². The molecule has 1 aliphatic heterocycles. The van der Waals surface area contributed by atoms with Crippen LogP contribution >= 0.6 is 0 Å². The van der Waals surface area contributed by atoms with Gasteiger partial charge in [0.2, 0.25) is 0 Å². The summed E-state index contributed by atoms with van der Waals surface area (Å²) in [6.07, 6.45) is 1.96. The quantitative estimate of drug-likeness (QED) is 0.705. The summed E-state index contributed by atoms with van der Waals surface area (Å²) in [6, 6.07) is 5.02. The number of hydrazine groups is 1. The van der Waals surface area contributed by atoms with Gasteiger partial charge in [0.05, 0.1) is 11.1 Å². The number of aryl methyl sites for hydroxylation is 1. The lowest BCUT2D eigenvalue weighted by molar-refractivity contribution is -0.143. The Kier molecular flexibility index (Phi) is 6.19. The van der Waals surface area contributed by atoms with Crippen molar-refractivity contribution < 1.29 is 9.18 Å². The summed E-state index contributed by atoms with van der Waals surface area (Å²) in [4.78, 5) is 13.1. The Balaban J connectivity index is 2.51. The standard InChI is InChI=1S/C19H29FN4O/c1-13(2)10-24-18(25)19(11-21-4,12-22-5)9-17(23-24)15-6-7-16(20)14(3)8-15/h6-9,13,21-23H,10-12H2,1-5H3. The van der Waals surface area contributed by atoms with Crippen molar-refractivity contribution in [2.45, 2.75) is 20.8 Å².